The predicted molar refractivity (Wildman–Crippen MR) is 84.9 cm³/mol. The van der Waals surface area contributed by atoms with Crippen LogP contribution in [0.1, 0.15) is 31.3 Å². The van der Waals surface area contributed by atoms with Gasteiger partial charge >= 0.3 is 0 Å². The van der Waals surface area contributed by atoms with Gasteiger partial charge in [-0.3, -0.25) is 4.68 Å². The largest absolute Gasteiger partial charge is 0.351 e. The molecular weight excluding hydrogens is 262 g/mol. The first-order chi connectivity index (χ1) is 10.1. The molecule has 1 aromatic carbocycles. The molecule has 0 atom stereocenters. The highest BCUT2D eigenvalue weighted by Crippen LogP contribution is 2.29. The summed E-state index contributed by atoms with van der Waals surface area (Å²) in [6.45, 7) is 8.36. The average Bonchev–Trinajstić information content (AvgIpc) is 2.76. The number of nitrogens with zero attached hydrogens (tertiary/aromatic N) is 4. The maximum absolute atomic E-state index is 4.60. The lowest BCUT2D eigenvalue weighted by molar-refractivity contribution is 0.516. The molecule has 0 fully saturated rings. The molecule has 21 heavy (non-hydrogen) atoms. The fourth-order valence-corrected chi connectivity index (χ4v) is 2.59. The number of aryl methyl sites for hydroxylation is 1. The Morgan fingerprint density at radius 2 is 1.90 bits per heavy atom. The Morgan fingerprint density at radius 3 is 2.62 bits per heavy atom. The summed E-state index contributed by atoms with van der Waals surface area (Å²) in [7, 11) is 0. The van der Waals surface area contributed by atoms with Gasteiger partial charge in [0.2, 0.25) is 0 Å². The fourth-order valence-electron chi connectivity index (χ4n) is 2.59. The molecule has 0 aliphatic rings. The topological polar surface area (TPSA) is 55.6 Å². The third-order valence-corrected chi connectivity index (χ3v) is 3.62. The number of nitrogens with one attached hydrogen (secondary N) is 1. The number of anilines is 2. The molecule has 5 heteroatoms. The van der Waals surface area contributed by atoms with Crippen molar-refractivity contribution in [2.24, 2.45) is 0 Å². The van der Waals surface area contributed by atoms with Crippen molar-refractivity contribution >= 4 is 22.3 Å². The number of aromatic nitrogens is 4. The third-order valence-electron chi connectivity index (χ3n) is 3.62. The van der Waals surface area contributed by atoms with Crippen molar-refractivity contribution in [2.75, 3.05) is 5.32 Å². The summed E-state index contributed by atoms with van der Waals surface area (Å²) < 4.78 is 2.04. The van der Waals surface area contributed by atoms with E-state index in [0.717, 1.165) is 33.7 Å². The van der Waals surface area contributed by atoms with E-state index in [1.165, 1.54) is 0 Å². The molecule has 0 spiro atoms. The summed E-state index contributed by atoms with van der Waals surface area (Å²) in [5.41, 5.74) is 5.00. The van der Waals surface area contributed by atoms with Crippen LogP contribution in [0.5, 0.6) is 0 Å². The maximum atomic E-state index is 4.60. The Kier molecular flexibility index (Phi) is 3.33. The monoisotopic (exact) mass is 281 g/mol. The van der Waals surface area contributed by atoms with Crippen molar-refractivity contribution in [3.05, 3.63) is 41.9 Å². The fraction of sp³-hybridized carbons (Fsp3) is 0.312. The molecule has 0 bridgehead atoms. The normalized spacial score (nSPS) is 11.3. The van der Waals surface area contributed by atoms with Crippen LogP contribution in [0.15, 0.2) is 30.5 Å². The Morgan fingerprint density at radius 1 is 1.14 bits per heavy atom. The molecule has 1 N–H and O–H groups in total. The van der Waals surface area contributed by atoms with Crippen LogP contribution in [0.4, 0.5) is 11.4 Å². The second kappa shape index (κ2) is 5.16. The zero-order valence-electron chi connectivity index (χ0n) is 12.8. The maximum Gasteiger partial charge on any atom is 0.0950 e. The highest BCUT2D eigenvalue weighted by Gasteiger charge is 2.14. The lowest BCUT2D eigenvalue weighted by Crippen LogP contribution is -2.05. The van der Waals surface area contributed by atoms with Gasteiger partial charge in [-0.2, -0.15) is 15.3 Å². The summed E-state index contributed by atoms with van der Waals surface area (Å²) in [4.78, 5) is 0. The van der Waals surface area contributed by atoms with E-state index < -0.39 is 0 Å². The van der Waals surface area contributed by atoms with Crippen molar-refractivity contribution in [1.29, 1.82) is 0 Å². The Balaban J connectivity index is 2.07. The van der Waals surface area contributed by atoms with E-state index in [-0.39, 0.29) is 0 Å². The number of rotatable bonds is 3. The van der Waals surface area contributed by atoms with Crippen molar-refractivity contribution < 1.29 is 0 Å². The summed E-state index contributed by atoms with van der Waals surface area (Å²) >= 11 is 0. The zero-order chi connectivity index (χ0) is 15.0. The summed E-state index contributed by atoms with van der Waals surface area (Å²) in [6, 6.07) is 8.32. The molecular formula is C16H19N5. The first-order valence-electron chi connectivity index (χ1n) is 7.11. The summed E-state index contributed by atoms with van der Waals surface area (Å²) in [5, 5.41) is 17.4. The number of hydrogen-bond donors (Lipinski definition) is 1. The summed E-state index contributed by atoms with van der Waals surface area (Å²) in [6.07, 6.45) is 1.76. The lowest BCUT2D eigenvalue weighted by Gasteiger charge is -2.11. The molecule has 5 nitrogen and oxygen atoms in total. The second-order valence-electron chi connectivity index (χ2n) is 5.48. The van der Waals surface area contributed by atoms with Crippen LogP contribution >= 0.6 is 0 Å². The smallest absolute Gasteiger partial charge is 0.0950 e. The molecule has 0 amide bonds. The molecule has 0 aliphatic heterocycles. The second-order valence-corrected chi connectivity index (χ2v) is 5.48. The van der Waals surface area contributed by atoms with Gasteiger partial charge in [-0.25, -0.2) is 0 Å². The molecule has 0 radical (unpaired) electrons. The van der Waals surface area contributed by atoms with Gasteiger partial charge < -0.3 is 5.32 Å². The molecule has 0 saturated heterocycles. The lowest BCUT2D eigenvalue weighted by atomic mass is 10.2. The Labute approximate surface area is 124 Å². The molecule has 0 unspecified atom stereocenters. The minimum atomic E-state index is 0.339. The minimum absolute atomic E-state index is 0.339. The molecule has 108 valence electrons. The van der Waals surface area contributed by atoms with Gasteiger partial charge in [0.15, 0.2) is 0 Å². The van der Waals surface area contributed by atoms with Crippen molar-refractivity contribution in [3.63, 3.8) is 0 Å². The quantitative estimate of drug-likeness (QED) is 0.794. The van der Waals surface area contributed by atoms with Crippen LogP contribution < -0.4 is 5.32 Å². The van der Waals surface area contributed by atoms with E-state index in [4.69, 9.17) is 0 Å². The van der Waals surface area contributed by atoms with E-state index in [9.17, 15) is 0 Å². The number of fused-ring (bicyclic) bond motifs is 1. The molecule has 2 aromatic heterocycles. The van der Waals surface area contributed by atoms with Gasteiger partial charge in [-0.05, 0) is 33.8 Å². The SMILES string of the molecule is Cc1nn(C(C)C)c(C)c1Nc1cnnc2ccccc12. The van der Waals surface area contributed by atoms with Crippen LogP contribution in [0.3, 0.4) is 0 Å². The van der Waals surface area contributed by atoms with Gasteiger partial charge in [-0.1, -0.05) is 18.2 Å². The Bertz CT molecular complexity index is 783. The van der Waals surface area contributed by atoms with E-state index in [1.54, 1.807) is 6.20 Å². The van der Waals surface area contributed by atoms with Gasteiger partial charge in [0.25, 0.3) is 0 Å². The van der Waals surface area contributed by atoms with E-state index in [2.05, 4.69) is 41.4 Å². The highest BCUT2D eigenvalue weighted by atomic mass is 15.3. The standard InChI is InChI=1S/C16H19N5/c1-10(2)21-12(4)16(11(3)20-21)18-15-9-17-19-14-8-6-5-7-13(14)15/h5-10H,1-4H3,(H,18,19). The van der Waals surface area contributed by atoms with E-state index in [0.29, 0.717) is 6.04 Å². The van der Waals surface area contributed by atoms with Gasteiger partial charge in [0, 0.05) is 11.4 Å². The molecule has 0 saturated carbocycles. The van der Waals surface area contributed by atoms with Crippen LogP contribution in [0.2, 0.25) is 0 Å². The zero-order valence-corrected chi connectivity index (χ0v) is 12.8. The van der Waals surface area contributed by atoms with E-state index in [1.807, 2.05) is 35.9 Å². The molecule has 3 aromatic rings. The first kappa shape index (κ1) is 13.5. The average molecular weight is 281 g/mol. The van der Waals surface area contributed by atoms with Gasteiger partial charge in [0.1, 0.15) is 0 Å². The summed E-state index contributed by atoms with van der Waals surface area (Å²) in [5.74, 6) is 0. The minimum Gasteiger partial charge on any atom is -0.351 e. The highest BCUT2D eigenvalue weighted by molar-refractivity contribution is 5.92. The molecule has 2 heterocycles. The van der Waals surface area contributed by atoms with Crippen molar-refractivity contribution in [3.8, 4) is 0 Å². The van der Waals surface area contributed by atoms with E-state index >= 15 is 0 Å². The first-order valence-corrected chi connectivity index (χ1v) is 7.11. The Hall–Kier alpha value is -2.43. The molecule has 3 rings (SSSR count). The van der Waals surface area contributed by atoms with Crippen LogP contribution in [-0.2, 0) is 0 Å². The van der Waals surface area contributed by atoms with Gasteiger partial charge in [0.05, 0.1) is 34.5 Å². The van der Waals surface area contributed by atoms with Crippen molar-refractivity contribution in [1.82, 2.24) is 20.0 Å². The third kappa shape index (κ3) is 2.35. The van der Waals surface area contributed by atoms with Crippen LogP contribution in [-0.4, -0.2) is 20.0 Å². The molecule has 0 aliphatic carbocycles. The van der Waals surface area contributed by atoms with Crippen LogP contribution in [0.25, 0.3) is 10.9 Å². The van der Waals surface area contributed by atoms with Gasteiger partial charge in [-0.15, -0.1) is 0 Å². The number of hydrogen-bond acceptors (Lipinski definition) is 4. The predicted octanol–water partition coefficient (Wildman–Crippen LogP) is 3.77. The number of benzene rings is 1. The van der Waals surface area contributed by atoms with Crippen molar-refractivity contribution in [2.45, 2.75) is 33.7 Å². The van der Waals surface area contributed by atoms with Crippen LogP contribution in [0, 0.1) is 13.8 Å².